The number of carbonyl (C=O) groups excluding carboxylic acids is 1. The Morgan fingerprint density at radius 1 is 1.43 bits per heavy atom. The normalized spacial score (nSPS) is 18.9. The molecule has 1 atom stereocenters. The number of rotatable bonds is 4. The van der Waals surface area contributed by atoms with E-state index in [1.54, 1.807) is 6.07 Å². The van der Waals surface area contributed by atoms with Gasteiger partial charge in [-0.3, -0.25) is 4.79 Å². The third-order valence-electron chi connectivity index (χ3n) is 3.74. The van der Waals surface area contributed by atoms with E-state index in [4.69, 9.17) is 4.74 Å². The third-order valence-corrected chi connectivity index (χ3v) is 3.74. The number of hydrogen-bond donors (Lipinski definition) is 1. The van der Waals surface area contributed by atoms with Crippen molar-refractivity contribution in [3.8, 4) is 5.75 Å². The smallest absolute Gasteiger partial charge is 0.261 e. The van der Waals surface area contributed by atoms with Crippen molar-refractivity contribution in [3.63, 3.8) is 0 Å². The molecule has 0 radical (unpaired) electrons. The van der Waals surface area contributed by atoms with E-state index in [-0.39, 0.29) is 19.7 Å². The van der Waals surface area contributed by atoms with Crippen LogP contribution < -0.4 is 10.1 Å². The average Bonchev–Trinajstić information content (AvgIpc) is 2.48. The molecular weight excluding hydrogens is 278 g/mol. The number of alkyl halides is 2. The van der Waals surface area contributed by atoms with Crippen molar-refractivity contribution in [3.05, 3.63) is 29.3 Å². The van der Waals surface area contributed by atoms with Crippen LogP contribution in [0, 0.1) is 13.8 Å². The molecule has 2 rings (SSSR count). The lowest BCUT2D eigenvalue weighted by Gasteiger charge is -2.35. The summed E-state index contributed by atoms with van der Waals surface area (Å²) in [6.07, 6.45) is -2.55. The van der Waals surface area contributed by atoms with Gasteiger partial charge in [0.05, 0.1) is 0 Å². The van der Waals surface area contributed by atoms with E-state index in [0.717, 1.165) is 11.1 Å². The summed E-state index contributed by atoms with van der Waals surface area (Å²) >= 11 is 0. The molecule has 1 N–H and O–H groups in total. The molecular formula is C15H20F2N2O2. The lowest BCUT2D eigenvalue weighted by Crippen LogP contribution is -2.57. The number of ether oxygens (including phenoxy) is 1. The quantitative estimate of drug-likeness (QED) is 0.921. The predicted octanol–water partition coefficient (Wildman–Crippen LogP) is 1.75. The van der Waals surface area contributed by atoms with E-state index in [0.29, 0.717) is 12.3 Å². The Balaban J connectivity index is 1.95. The van der Waals surface area contributed by atoms with Gasteiger partial charge in [-0.15, -0.1) is 0 Å². The zero-order chi connectivity index (χ0) is 15.4. The first-order valence-corrected chi connectivity index (χ1v) is 6.97. The van der Waals surface area contributed by atoms with Crippen molar-refractivity contribution in [2.75, 3.05) is 26.2 Å². The number of piperazine rings is 1. The van der Waals surface area contributed by atoms with Crippen molar-refractivity contribution < 1.29 is 18.3 Å². The first-order chi connectivity index (χ1) is 9.99. The number of benzene rings is 1. The Kier molecular flexibility index (Phi) is 5.12. The molecule has 1 amide bonds. The molecule has 0 spiro atoms. The number of aryl methyl sites for hydroxylation is 2. The molecule has 4 nitrogen and oxygen atoms in total. The van der Waals surface area contributed by atoms with E-state index < -0.39 is 18.4 Å². The van der Waals surface area contributed by atoms with Gasteiger partial charge in [-0.25, -0.2) is 8.78 Å². The highest BCUT2D eigenvalue weighted by molar-refractivity contribution is 5.78. The number of halogens is 2. The highest BCUT2D eigenvalue weighted by Crippen LogP contribution is 2.17. The Morgan fingerprint density at radius 2 is 2.19 bits per heavy atom. The largest absolute Gasteiger partial charge is 0.484 e. The highest BCUT2D eigenvalue weighted by Gasteiger charge is 2.33. The standard InChI is InChI=1S/C15H20F2N2O2/c1-10-3-4-12(7-11(10)2)21-9-14(20)19-6-5-18-8-13(19)15(16)17/h3-4,7,13,15,18H,5-6,8-9H2,1-2H3. The van der Waals surface area contributed by atoms with E-state index >= 15 is 0 Å². The van der Waals surface area contributed by atoms with Gasteiger partial charge in [-0.05, 0) is 37.1 Å². The van der Waals surface area contributed by atoms with Crippen molar-refractivity contribution in [2.24, 2.45) is 0 Å². The number of carbonyl (C=O) groups is 1. The first-order valence-electron chi connectivity index (χ1n) is 6.97. The third kappa shape index (κ3) is 3.91. The lowest BCUT2D eigenvalue weighted by atomic mass is 10.1. The van der Waals surface area contributed by atoms with Gasteiger partial charge < -0.3 is 15.0 Å². The number of hydrogen-bond acceptors (Lipinski definition) is 3. The fraction of sp³-hybridized carbons (Fsp3) is 0.533. The molecule has 1 aliphatic heterocycles. The van der Waals surface area contributed by atoms with Gasteiger partial charge in [0.25, 0.3) is 12.3 Å². The molecule has 0 saturated carbocycles. The lowest BCUT2D eigenvalue weighted by molar-refractivity contribution is -0.140. The van der Waals surface area contributed by atoms with Crippen LogP contribution in [0.1, 0.15) is 11.1 Å². The molecule has 6 heteroatoms. The SMILES string of the molecule is Cc1ccc(OCC(=O)N2CCNCC2C(F)F)cc1C. The Labute approximate surface area is 123 Å². The minimum atomic E-state index is -2.55. The van der Waals surface area contributed by atoms with E-state index in [1.807, 2.05) is 26.0 Å². The maximum atomic E-state index is 12.9. The molecule has 21 heavy (non-hydrogen) atoms. The highest BCUT2D eigenvalue weighted by atomic mass is 19.3. The molecule has 1 unspecified atom stereocenters. The van der Waals surface area contributed by atoms with Crippen LogP contribution in [-0.4, -0.2) is 49.5 Å². The molecule has 1 heterocycles. The molecule has 0 bridgehead atoms. The summed E-state index contributed by atoms with van der Waals surface area (Å²) in [6, 6.07) is 4.44. The van der Waals surface area contributed by atoms with Gasteiger partial charge >= 0.3 is 0 Å². The van der Waals surface area contributed by atoms with Gasteiger partial charge in [0.15, 0.2) is 6.61 Å². The van der Waals surface area contributed by atoms with Crippen LogP contribution in [0.3, 0.4) is 0 Å². The summed E-state index contributed by atoms with van der Waals surface area (Å²) in [5, 5.41) is 2.87. The van der Waals surface area contributed by atoms with Crippen LogP contribution >= 0.6 is 0 Å². The van der Waals surface area contributed by atoms with E-state index in [1.165, 1.54) is 4.90 Å². The van der Waals surface area contributed by atoms with Gasteiger partial charge in [0.2, 0.25) is 0 Å². The van der Waals surface area contributed by atoms with E-state index in [2.05, 4.69) is 5.32 Å². The van der Waals surface area contributed by atoms with Crippen LogP contribution in [0.2, 0.25) is 0 Å². The molecule has 0 aromatic heterocycles. The predicted molar refractivity (Wildman–Crippen MR) is 75.8 cm³/mol. The molecule has 1 aromatic carbocycles. The molecule has 1 aromatic rings. The second-order valence-corrected chi connectivity index (χ2v) is 5.23. The minimum absolute atomic E-state index is 0.118. The molecule has 1 aliphatic rings. The summed E-state index contributed by atoms with van der Waals surface area (Å²) in [5.41, 5.74) is 2.20. The molecule has 116 valence electrons. The maximum Gasteiger partial charge on any atom is 0.261 e. The Hall–Kier alpha value is -1.69. The van der Waals surface area contributed by atoms with Gasteiger partial charge in [-0.1, -0.05) is 6.07 Å². The summed E-state index contributed by atoms with van der Waals surface area (Å²) in [6.45, 7) is 4.65. The Morgan fingerprint density at radius 3 is 2.86 bits per heavy atom. The summed E-state index contributed by atoms with van der Waals surface area (Å²) in [5.74, 6) is 0.176. The van der Waals surface area contributed by atoms with E-state index in [9.17, 15) is 13.6 Å². The van der Waals surface area contributed by atoms with Crippen LogP contribution in [0.5, 0.6) is 5.75 Å². The zero-order valence-corrected chi connectivity index (χ0v) is 12.2. The fourth-order valence-electron chi connectivity index (χ4n) is 2.29. The van der Waals surface area contributed by atoms with Crippen molar-refractivity contribution >= 4 is 5.91 Å². The van der Waals surface area contributed by atoms with Crippen LogP contribution in [0.4, 0.5) is 8.78 Å². The van der Waals surface area contributed by atoms with Crippen LogP contribution in [0.15, 0.2) is 18.2 Å². The van der Waals surface area contributed by atoms with Gasteiger partial charge in [0.1, 0.15) is 11.8 Å². The molecule has 1 fully saturated rings. The average molecular weight is 298 g/mol. The van der Waals surface area contributed by atoms with Crippen LogP contribution in [-0.2, 0) is 4.79 Å². The number of amides is 1. The number of nitrogens with zero attached hydrogens (tertiary/aromatic N) is 1. The summed E-state index contributed by atoms with van der Waals surface area (Å²) in [7, 11) is 0. The molecule has 0 aliphatic carbocycles. The zero-order valence-electron chi connectivity index (χ0n) is 12.2. The Bertz CT molecular complexity index is 508. The summed E-state index contributed by atoms with van der Waals surface area (Å²) in [4.78, 5) is 13.3. The van der Waals surface area contributed by atoms with Gasteiger partial charge in [0, 0.05) is 19.6 Å². The van der Waals surface area contributed by atoms with Crippen molar-refractivity contribution in [1.82, 2.24) is 10.2 Å². The first kappa shape index (κ1) is 15.7. The summed E-state index contributed by atoms with van der Waals surface area (Å²) < 4.78 is 31.3. The minimum Gasteiger partial charge on any atom is -0.484 e. The van der Waals surface area contributed by atoms with Crippen molar-refractivity contribution in [1.29, 1.82) is 0 Å². The molecule has 1 saturated heterocycles. The van der Waals surface area contributed by atoms with Gasteiger partial charge in [-0.2, -0.15) is 0 Å². The second kappa shape index (κ2) is 6.85. The van der Waals surface area contributed by atoms with Crippen LogP contribution in [0.25, 0.3) is 0 Å². The topological polar surface area (TPSA) is 41.6 Å². The number of nitrogens with one attached hydrogen (secondary N) is 1. The van der Waals surface area contributed by atoms with Crippen molar-refractivity contribution in [2.45, 2.75) is 26.3 Å². The fourth-order valence-corrected chi connectivity index (χ4v) is 2.29. The monoisotopic (exact) mass is 298 g/mol. The maximum absolute atomic E-state index is 12.9. The second-order valence-electron chi connectivity index (χ2n) is 5.23.